The van der Waals surface area contributed by atoms with Crippen LogP contribution in [0.4, 0.5) is 10.8 Å². The molecule has 21 heavy (non-hydrogen) atoms. The van der Waals surface area contributed by atoms with Gasteiger partial charge in [-0.2, -0.15) is 0 Å². The Morgan fingerprint density at radius 1 is 1.33 bits per heavy atom. The topological polar surface area (TPSA) is 80.9 Å². The first-order chi connectivity index (χ1) is 10.2. The zero-order chi connectivity index (χ0) is 14.7. The molecule has 1 aromatic carbocycles. The molecule has 1 amide bonds. The largest absolute Gasteiger partial charge is 0.375 e. The predicted molar refractivity (Wildman–Crippen MR) is 86.4 cm³/mol. The summed E-state index contributed by atoms with van der Waals surface area (Å²) in [5, 5.41) is 7.98. The molecule has 2 heterocycles. The molecule has 5 nitrogen and oxygen atoms in total. The van der Waals surface area contributed by atoms with Crippen molar-refractivity contribution in [3.63, 3.8) is 0 Å². The number of hydrogen-bond acceptors (Lipinski definition) is 6. The van der Waals surface area contributed by atoms with Crippen LogP contribution in [0.15, 0.2) is 41.2 Å². The third-order valence-electron chi connectivity index (χ3n) is 2.74. The molecule has 106 valence electrons. The van der Waals surface area contributed by atoms with E-state index >= 15 is 0 Å². The van der Waals surface area contributed by atoms with Gasteiger partial charge in [-0.05, 0) is 12.1 Å². The van der Waals surface area contributed by atoms with Crippen molar-refractivity contribution in [2.75, 3.05) is 11.1 Å². The highest BCUT2D eigenvalue weighted by Crippen LogP contribution is 2.24. The summed E-state index contributed by atoms with van der Waals surface area (Å²) in [7, 11) is 0. The molecule has 0 aliphatic carbocycles. The number of nitrogens with one attached hydrogen (secondary N) is 1. The predicted octanol–water partition coefficient (Wildman–Crippen LogP) is 3.03. The van der Waals surface area contributed by atoms with Crippen LogP contribution in [0.25, 0.3) is 10.6 Å². The molecule has 0 atom stereocenters. The van der Waals surface area contributed by atoms with Gasteiger partial charge in [-0.15, -0.1) is 22.7 Å². The summed E-state index contributed by atoms with van der Waals surface area (Å²) in [6, 6.07) is 7.62. The van der Waals surface area contributed by atoms with Crippen molar-refractivity contribution < 1.29 is 4.79 Å². The van der Waals surface area contributed by atoms with Crippen LogP contribution in [-0.4, -0.2) is 15.9 Å². The van der Waals surface area contributed by atoms with Gasteiger partial charge in [0.2, 0.25) is 5.91 Å². The molecule has 3 aromatic rings. The number of nitrogen functional groups attached to an aromatic ring is 1. The van der Waals surface area contributed by atoms with E-state index in [1.165, 1.54) is 11.3 Å². The molecule has 0 fully saturated rings. The van der Waals surface area contributed by atoms with Gasteiger partial charge in [0.1, 0.15) is 5.01 Å². The van der Waals surface area contributed by atoms with Crippen LogP contribution in [0.3, 0.4) is 0 Å². The Balaban J connectivity index is 1.70. The van der Waals surface area contributed by atoms with Gasteiger partial charge in [0, 0.05) is 28.2 Å². The molecule has 3 rings (SSSR count). The maximum atomic E-state index is 12.0. The Morgan fingerprint density at radius 2 is 2.24 bits per heavy atom. The maximum Gasteiger partial charge on any atom is 0.230 e. The van der Waals surface area contributed by atoms with Crippen molar-refractivity contribution in [2.45, 2.75) is 6.42 Å². The number of anilines is 2. The molecule has 2 aromatic heterocycles. The highest BCUT2D eigenvalue weighted by atomic mass is 32.1. The molecule has 0 bridgehead atoms. The van der Waals surface area contributed by atoms with Gasteiger partial charge in [-0.1, -0.05) is 12.1 Å². The van der Waals surface area contributed by atoms with Crippen LogP contribution < -0.4 is 11.1 Å². The lowest BCUT2D eigenvalue weighted by molar-refractivity contribution is -0.115. The van der Waals surface area contributed by atoms with Gasteiger partial charge < -0.3 is 11.1 Å². The van der Waals surface area contributed by atoms with E-state index in [1.54, 1.807) is 22.9 Å². The molecule has 0 saturated heterocycles. The van der Waals surface area contributed by atoms with Crippen LogP contribution in [0.2, 0.25) is 0 Å². The molecular formula is C14H12N4OS2. The zero-order valence-corrected chi connectivity index (χ0v) is 12.6. The van der Waals surface area contributed by atoms with E-state index < -0.39 is 0 Å². The lowest BCUT2D eigenvalue weighted by Gasteiger charge is -2.05. The van der Waals surface area contributed by atoms with E-state index in [2.05, 4.69) is 15.3 Å². The number of aromatic nitrogens is 2. The average Bonchev–Trinajstić information content (AvgIpc) is 3.11. The number of nitrogens with two attached hydrogens (primary N) is 1. The van der Waals surface area contributed by atoms with Crippen LogP contribution in [0.5, 0.6) is 0 Å². The number of carbonyl (C=O) groups is 1. The van der Waals surface area contributed by atoms with Gasteiger partial charge in [0.25, 0.3) is 0 Å². The standard InChI is InChI=1S/C14H12N4OS2/c15-14-18-11(8-21-14)7-12(19)17-10-3-1-2-9(6-10)13-16-4-5-20-13/h1-6,8H,7H2,(H2,15,18)(H,17,19). The molecule has 0 saturated carbocycles. The van der Waals surface area contributed by atoms with Gasteiger partial charge in [0.15, 0.2) is 5.13 Å². The van der Waals surface area contributed by atoms with Crippen molar-refractivity contribution in [3.8, 4) is 10.6 Å². The van der Waals surface area contributed by atoms with Crippen LogP contribution in [-0.2, 0) is 11.2 Å². The van der Waals surface area contributed by atoms with E-state index in [0.717, 1.165) is 16.3 Å². The van der Waals surface area contributed by atoms with Gasteiger partial charge in [0.05, 0.1) is 12.1 Å². The molecule has 0 spiro atoms. The SMILES string of the molecule is Nc1nc(CC(=O)Nc2cccc(-c3nccs3)c2)cs1. The lowest BCUT2D eigenvalue weighted by atomic mass is 10.2. The minimum atomic E-state index is -0.114. The number of benzene rings is 1. The van der Waals surface area contributed by atoms with Crippen molar-refractivity contribution in [3.05, 3.63) is 46.9 Å². The Kier molecular flexibility index (Phi) is 3.94. The van der Waals surface area contributed by atoms with E-state index in [0.29, 0.717) is 10.8 Å². The first kappa shape index (κ1) is 13.7. The molecule has 3 N–H and O–H groups in total. The fourth-order valence-electron chi connectivity index (χ4n) is 1.87. The van der Waals surface area contributed by atoms with Crippen molar-refractivity contribution in [2.24, 2.45) is 0 Å². The summed E-state index contributed by atoms with van der Waals surface area (Å²) < 4.78 is 0. The third-order valence-corrected chi connectivity index (χ3v) is 4.28. The average molecular weight is 316 g/mol. The fourth-order valence-corrected chi connectivity index (χ4v) is 3.07. The fraction of sp³-hybridized carbons (Fsp3) is 0.0714. The maximum absolute atomic E-state index is 12.0. The Morgan fingerprint density at radius 3 is 2.95 bits per heavy atom. The van der Waals surface area contributed by atoms with Crippen molar-refractivity contribution >= 4 is 39.4 Å². The zero-order valence-electron chi connectivity index (χ0n) is 10.9. The first-order valence-electron chi connectivity index (χ1n) is 6.20. The first-order valence-corrected chi connectivity index (χ1v) is 7.96. The number of hydrogen-bond donors (Lipinski definition) is 2. The summed E-state index contributed by atoms with van der Waals surface area (Å²) in [4.78, 5) is 20.3. The quantitative estimate of drug-likeness (QED) is 0.775. The summed E-state index contributed by atoms with van der Waals surface area (Å²) in [5.74, 6) is -0.114. The van der Waals surface area contributed by atoms with E-state index in [9.17, 15) is 4.79 Å². The van der Waals surface area contributed by atoms with Gasteiger partial charge in [-0.25, -0.2) is 9.97 Å². The molecule has 0 aliphatic heterocycles. The normalized spacial score (nSPS) is 10.5. The number of carbonyl (C=O) groups excluding carboxylic acids is 1. The molecule has 0 aliphatic rings. The molecule has 7 heteroatoms. The van der Waals surface area contributed by atoms with Gasteiger partial charge in [-0.3, -0.25) is 4.79 Å². The van der Waals surface area contributed by atoms with Gasteiger partial charge >= 0.3 is 0 Å². The summed E-state index contributed by atoms with van der Waals surface area (Å²) in [6.07, 6.45) is 1.98. The van der Waals surface area contributed by atoms with Crippen LogP contribution in [0.1, 0.15) is 5.69 Å². The number of rotatable bonds is 4. The van der Waals surface area contributed by atoms with Crippen molar-refractivity contribution in [1.82, 2.24) is 9.97 Å². The van der Waals surface area contributed by atoms with E-state index in [4.69, 9.17) is 5.73 Å². The number of nitrogens with zero attached hydrogens (tertiary/aromatic N) is 2. The highest BCUT2D eigenvalue weighted by molar-refractivity contribution is 7.13. The molecular weight excluding hydrogens is 304 g/mol. The lowest BCUT2D eigenvalue weighted by Crippen LogP contribution is -2.14. The Hall–Kier alpha value is -2.25. The second-order valence-corrected chi connectivity index (χ2v) is 6.10. The highest BCUT2D eigenvalue weighted by Gasteiger charge is 2.08. The monoisotopic (exact) mass is 316 g/mol. The Labute approximate surface area is 129 Å². The smallest absolute Gasteiger partial charge is 0.230 e. The van der Waals surface area contributed by atoms with E-state index in [-0.39, 0.29) is 12.3 Å². The number of amides is 1. The van der Waals surface area contributed by atoms with Crippen LogP contribution in [0, 0.1) is 0 Å². The second kappa shape index (κ2) is 6.02. The van der Waals surface area contributed by atoms with E-state index in [1.807, 2.05) is 29.6 Å². The van der Waals surface area contributed by atoms with Crippen LogP contribution >= 0.6 is 22.7 Å². The van der Waals surface area contributed by atoms with Crippen molar-refractivity contribution in [1.29, 1.82) is 0 Å². The summed E-state index contributed by atoms with van der Waals surface area (Å²) in [5.41, 5.74) is 7.97. The summed E-state index contributed by atoms with van der Waals surface area (Å²) in [6.45, 7) is 0. The second-order valence-electron chi connectivity index (χ2n) is 4.32. The third kappa shape index (κ3) is 3.45. The minimum Gasteiger partial charge on any atom is -0.375 e. The number of thiazole rings is 2. The Bertz CT molecular complexity index is 752. The summed E-state index contributed by atoms with van der Waals surface area (Å²) >= 11 is 2.90. The minimum absolute atomic E-state index is 0.114. The molecule has 0 unspecified atom stereocenters. The molecule has 0 radical (unpaired) electrons.